The number of benzene rings is 3. The number of nitrogens with zero attached hydrogens (tertiary/aromatic N) is 8. The number of halogens is 1. The second-order valence-corrected chi connectivity index (χ2v) is 35.9. The van der Waals surface area contributed by atoms with Gasteiger partial charge in [-0.05, 0) is 178 Å². The Morgan fingerprint density at radius 2 is 0.948 bits per heavy atom. The van der Waals surface area contributed by atoms with Gasteiger partial charge in [0, 0.05) is 77.5 Å². The maximum absolute atomic E-state index is 15.1. The summed E-state index contributed by atoms with van der Waals surface area (Å²) in [5, 5.41) is 27.1. The van der Waals surface area contributed by atoms with E-state index in [4.69, 9.17) is 0 Å². The van der Waals surface area contributed by atoms with Gasteiger partial charge in [0.05, 0.1) is 12.6 Å². The highest BCUT2D eigenvalue weighted by atomic mass is 127. The lowest BCUT2D eigenvalue weighted by Gasteiger charge is -2.54. The van der Waals surface area contributed by atoms with Crippen molar-refractivity contribution in [3.8, 4) is 0 Å². The van der Waals surface area contributed by atoms with Gasteiger partial charge in [-0.3, -0.25) is 57.6 Å². The highest BCUT2D eigenvalue weighted by Gasteiger charge is 2.49. The largest absolute Gasteiger partial charge is 0.390 e. The average molecular weight is 1710 g/mol. The zero-order valence-electron chi connectivity index (χ0n) is 73.3. The molecule has 25 nitrogen and oxygen atoms in total. The number of carbonyl (C=O) groups excluding carboxylic acids is 11. The SMILES string of the molecule is C/C=C/C[C@@H](C)[C@@H](O)[C@H]1C(=O)N[C@@H](CC)C(=O)N(C)CC(=O)N(C)[C@@H](CC(C)C)C(=O)N[C@@H](C(C)C)C(=O)N(C)[C@@H](CC(C)C)C(=O)N[C@@H](C)C(=O)N[C@H](C)C(=O)N(C)[C@@H](CC(C)C)C(=O)N(C)[C@@H](CC(C)C)C(=O)N(C)[C@@H](C(C)C)C(=O)N1C.Ic1ccccc1CN[C@H]1C2CCN(CC2)[C@H]1C(c1ccccc1)c1ccccc1. The fourth-order valence-corrected chi connectivity index (χ4v) is 16.8. The van der Waals surface area contributed by atoms with E-state index < -0.39 is 156 Å². The first-order valence-corrected chi connectivity index (χ1v) is 42.8. The number of carbonyl (C=O) groups is 11. The predicted octanol–water partition coefficient (Wildman–Crippen LogP) is 8.94. The number of hydrogen-bond acceptors (Lipinski definition) is 14. The fourth-order valence-electron chi connectivity index (χ4n) is 16.2. The lowest BCUT2D eigenvalue weighted by Crippen LogP contribution is -2.64. The van der Waals surface area contributed by atoms with E-state index in [1.54, 1.807) is 54.5 Å². The first-order chi connectivity index (χ1) is 54.0. The molecule has 26 heteroatoms. The van der Waals surface area contributed by atoms with Gasteiger partial charge >= 0.3 is 0 Å². The van der Waals surface area contributed by atoms with Crippen LogP contribution in [-0.4, -0.2) is 257 Å². The highest BCUT2D eigenvalue weighted by molar-refractivity contribution is 14.1. The lowest BCUT2D eigenvalue weighted by molar-refractivity contribution is -0.157. The van der Waals surface area contributed by atoms with Crippen LogP contribution in [0.1, 0.15) is 192 Å². The first kappa shape index (κ1) is 97.8. The Labute approximate surface area is 700 Å². The molecule has 6 N–H and O–H groups in total. The van der Waals surface area contributed by atoms with E-state index in [-0.39, 0.29) is 55.8 Å². The van der Waals surface area contributed by atoms with Crippen LogP contribution in [0.5, 0.6) is 0 Å². The molecule has 3 aromatic carbocycles. The molecule has 0 saturated carbocycles. The molecule has 7 rings (SSSR count). The number of aliphatic hydroxyl groups is 1. The molecule has 2 bridgehead atoms. The molecule has 0 aliphatic carbocycles. The van der Waals surface area contributed by atoms with Gasteiger partial charge in [-0.1, -0.05) is 188 Å². The Morgan fingerprint density at radius 3 is 1.43 bits per heavy atom. The molecule has 4 saturated heterocycles. The molecule has 4 aliphatic heterocycles. The second kappa shape index (κ2) is 45.8. The molecule has 4 fully saturated rings. The monoisotopic (exact) mass is 1710 g/mol. The van der Waals surface area contributed by atoms with Gasteiger partial charge in [-0.15, -0.1) is 0 Å². The third-order valence-electron chi connectivity index (χ3n) is 23.1. The van der Waals surface area contributed by atoms with E-state index in [0.29, 0.717) is 24.4 Å². The lowest BCUT2D eigenvalue weighted by atomic mass is 9.70. The van der Waals surface area contributed by atoms with Crippen LogP contribution in [-0.2, 0) is 59.3 Å². The summed E-state index contributed by atoms with van der Waals surface area (Å²) in [6.07, 6.45) is 5.67. The van der Waals surface area contributed by atoms with Gasteiger partial charge in [0.1, 0.15) is 60.4 Å². The minimum Gasteiger partial charge on any atom is -0.390 e. The van der Waals surface area contributed by atoms with Crippen LogP contribution in [0.3, 0.4) is 0 Å². The van der Waals surface area contributed by atoms with Crippen molar-refractivity contribution in [2.24, 2.45) is 47.3 Å². The van der Waals surface area contributed by atoms with Gasteiger partial charge in [0.25, 0.3) is 0 Å². The van der Waals surface area contributed by atoms with Crippen molar-refractivity contribution >= 4 is 87.6 Å². The van der Waals surface area contributed by atoms with Gasteiger partial charge < -0.3 is 66.0 Å². The van der Waals surface area contributed by atoms with Crippen molar-refractivity contribution in [2.75, 3.05) is 69.0 Å². The summed E-state index contributed by atoms with van der Waals surface area (Å²) < 4.78 is 1.35. The quantitative estimate of drug-likeness (QED) is 0.0429. The molecule has 115 heavy (non-hydrogen) atoms. The van der Waals surface area contributed by atoms with Crippen molar-refractivity contribution in [1.29, 1.82) is 0 Å². The van der Waals surface area contributed by atoms with E-state index >= 15 is 9.59 Å². The van der Waals surface area contributed by atoms with E-state index in [1.165, 1.54) is 134 Å². The summed E-state index contributed by atoms with van der Waals surface area (Å²) in [6.45, 7) is 32.7. The molecule has 4 heterocycles. The molecule has 640 valence electrons. The van der Waals surface area contributed by atoms with Crippen LogP contribution >= 0.6 is 22.6 Å². The van der Waals surface area contributed by atoms with Crippen LogP contribution in [0, 0.1) is 50.9 Å². The first-order valence-electron chi connectivity index (χ1n) is 41.7. The third kappa shape index (κ3) is 26.6. The Bertz CT molecular complexity index is 3680. The second-order valence-electron chi connectivity index (χ2n) is 34.8. The van der Waals surface area contributed by atoms with Gasteiger partial charge in [0.2, 0.25) is 65.0 Å². The number of allylic oxidation sites excluding steroid dienone is 2. The van der Waals surface area contributed by atoms with Crippen molar-refractivity contribution < 1.29 is 57.8 Å². The van der Waals surface area contributed by atoms with Crippen molar-refractivity contribution in [2.45, 2.75) is 260 Å². The number of fused-ring (bicyclic) bond motifs is 3. The van der Waals surface area contributed by atoms with Crippen LogP contribution < -0.4 is 26.6 Å². The Hall–Kier alpha value is -7.82. The zero-order valence-corrected chi connectivity index (χ0v) is 75.5. The highest BCUT2D eigenvalue weighted by Crippen LogP contribution is 2.42. The smallest absolute Gasteiger partial charge is 0.246 e. The summed E-state index contributed by atoms with van der Waals surface area (Å²) in [6, 6.07) is 19.7. The Morgan fingerprint density at radius 1 is 0.496 bits per heavy atom. The molecule has 0 aromatic heterocycles. The number of likely N-dealkylation sites (N-methyl/N-ethyl adjacent to an activating group) is 7. The van der Waals surface area contributed by atoms with E-state index in [2.05, 4.69) is 139 Å². The standard InChI is InChI=1S/C62H111N11O12.C27H29IN2/c1-25-27-28-40(15)52(75)51-56(79)65-43(26-2)58(81)67(18)33-48(74)68(19)44(29-34(3)4)55(78)66-49(38(11)12)61(84)69(20)45(30-35(5)6)54(77)63-41(16)53(76)64-42(17)57(80)70(21)46(31-36(7)8)59(82)71(22)47(32-37(9)10)60(83)72(23)50(39(13)14)62(85)73(51)24;28-24-14-8-7-13-23(24)19-29-26-22-15-17-30(18-16-22)27(26)25(20-9-3-1-4-10-20)21-11-5-2-6-12-21/h25,27,34-47,49-52,75H,26,28-33H2,1-24H3,(H,63,77)(H,64,76)(H,65,79)(H,66,78);1-14,22,25-27,29H,15-19H2/b27-25+;/t40-,41+,42-,43+,44+,45+,46+,47+,49+,50+,51+,52-;26-,27-/m10/s1. The van der Waals surface area contributed by atoms with E-state index in [0.717, 1.165) is 22.3 Å². The Kier molecular flexibility index (Phi) is 38.9. The minimum atomic E-state index is -1.61. The number of piperidine rings is 3. The molecular formula is C89H140IN13O12. The molecule has 14 atom stereocenters. The van der Waals surface area contributed by atoms with Gasteiger partial charge in [0.15, 0.2) is 0 Å². The summed E-state index contributed by atoms with van der Waals surface area (Å²) in [7, 11) is 9.92. The van der Waals surface area contributed by atoms with Crippen molar-refractivity contribution in [3.63, 3.8) is 0 Å². The molecule has 11 amide bonds. The average Bonchev–Trinajstić information content (AvgIpc) is 0.757. The van der Waals surface area contributed by atoms with Crippen LogP contribution in [0.2, 0.25) is 0 Å². The van der Waals surface area contributed by atoms with Crippen LogP contribution in [0.4, 0.5) is 0 Å². The van der Waals surface area contributed by atoms with Crippen molar-refractivity contribution in [1.82, 2.24) is 65.8 Å². The molecular weight excluding hydrogens is 1570 g/mol. The van der Waals surface area contributed by atoms with E-state index in [1.807, 2.05) is 61.5 Å². The fraction of sp³-hybridized carbons (Fsp3) is 0.652. The van der Waals surface area contributed by atoms with Crippen LogP contribution in [0.15, 0.2) is 97.1 Å². The molecule has 4 aliphatic rings. The molecule has 0 radical (unpaired) electrons. The maximum Gasteiger partial charge on any atom is 0.246 e. The zero-order chi connectivity index (χ0) is 86.3. The normalized spacial score (nSPS) is 26.5. The summed E-state index contributed by atoms with van der Waals surface area (Å²) >= 11 is 2.46. The summed E-state index contributed by atoms with van der Waals surface area (Å²) in [5.41, 5.74) is 4.27. The third-order valence-corrected chi connectivity index (χ3v) is 24.1. The van der Waals surface area contributed by atoms with Gasteiger partial charge in [-0.25, -0.2) is 0 Å². The van der Waals surface area contributed by atoms with E-state index in [9.17, 15) is 48.3 Å². The molecule has 0 spiro atoms. The summed E-state index contributed by atoms with van der Waals surface area (Å²) in [4.78, 5) is 171. The van der Waals surface area contributed by atoms with Crippen LogP contribution in [0.25, 0.3) is 0 Å². The maximum atomic E-state index is 15.1. The number of aliphatic hydroxyl groups excluding tert-OH is 1. The topological polar surface area (TPSA) is 294 Å². The Balaban J connectivity index is 0.000000641. The summed E-state index contributed by atoms with van der Waals surface area (Å²) in [5.74, 6) is -8.56. The minimum absolute atomic E-state index is 0.0229. The molecule has 0 unspecified atom stereocenters. The number of nitrogens with one attached hydrogen (secondary N) is 5. The molecule has 3 aromatic rings. The number of hydrogen-bond donors (Lipinski definition) is 6. The number of rotatable bonds is 21. The van der Waals surface area contributed by atoms with Crippen molar-refractivity contribution in [3.05, 3.63) is 117 Å². The van der Waals surface area contributed by atoms with Gasteiger partial charge in [-0.2, -0.15) is 0 Å². The predicted molar refractivity (Wildman–Crippen MR) is 461 cm³/mol. The number of amides is 11.